The maximum absolute atomic E-state index is 11.7. The molecule has 0 fully saturated rings. The summed E-state index contributed by atoms with van der Waals surface area (Å²) in [5.74, 6) is 0.250. The van der Waals surface area contributed by atoms with Crippen molar-refractivity contribution in [3.63, 3.8) is 0 Å². The molecule has 0 saturated heterocycles. The molecule has 14 heavy (non-hydrogen) atoms. The van der Waals surface area contributed by atoms with Crippen LogP contribution in [0.5, 0.6) is 0 Å². The molecule has 0 saturated carbocycles. The molecule has 4 heteroatoms. The second-order valence-corrected chi connectivity index (χ2v) is 4.49. The van der Waals surface area contributed by atoms with E-state index in [9.17, 15) is 4.79 Å². The van der Waals surface area contributed by atoms with E-state index >= 15 is 0 Å². The van der Waals surface area contributed by atoms with Crippen LogP contribution in [0.2, 0.25) is 0 Å². The highest BCUT2D eigenvalue weighted by Crippen LogP contribution is 2.21. The molecule has 0 radical (unpaired) electrons. The van der Waals surface area contributed by atoms with Crippen molar-refractivity contribution in [2.75, 3.05) is 20.3 Å². The molecular formula is C10H22N2O2. The maximum Gasteiger partial charge on any atom is 0.143 e. The normalized spacial score (nSPS) is 12.6. The van der Waals surface area contributed by atoms with Crippen LogP contribution < -0.4 is 5.73 Å². The first-order valence-corrected chi connectivity index (χ1v) is 4.89. The Kier molecular flexibility index (Phi) is 5.26. The minimum absolute atomic E-state index is 0.0387. The van der Waals surface area contributed by atoms with Gasteiger partial charge in [-0.05, 0) is 0 Å². The summed E-state index contributed by atoms with van der Waals surface area (Å²) in [6.07, 6.45) is 0. The molecule has 0 rings (SSSR count). The summed E-state index contributed by atoms with van der Waals surface area (Å²) < 4.78 is 0. The Morgan fingerprint density at radius 1 is 1.50 bits per heavy atom. The van der Waals surface area contributed by atoms with Crippen LogP contribution in [0.4, 0.5) is 0 Å². The predicted octanol–water partition coefficient (Wildman–Crippen LogP) is 1.02. The van der Waals surface area contributed by atoms with E-state index in [1.165, 1.54) is 5.06 Å². The van der Waals surface area contributed by atoms with E-state index in [2.05, 4.69) is 0 Å². The molecule has 0 aliphatic carbocycles. The van der Waals surface area contributed by atoms with Crippen molar-refractivity contribution in [1.29, 1.82) is 0 Å². The summed E-state index contributed by atoms with van der Waals surface area (Å²) in [5.41, 5.74) is 4.91. The Hall–Kier alpha value is -0.450. The topological polar surface area (TPSA) is 55.6 Å². The molecule has 84 valence electrons. The fourth-order valence-electron chi connectivity index (χ4n) is 1.18. The van der Waals surface area contributed by atoms with Crippen molar-refractivity contribution in [1.82, 2.24) is 5.06 Å². The number of rotatable bonds is 6. The van der Waals surface area contributed by atoms with E-state index in [-0.39, 0.29) is 11.7 Å². The monoisotopic (exact) mass is 202 g/mol. The van der Waals surface area contributed by atoms with Gasteiger partial charge in [0.05, 0.1) is 13.3 Å². The van der Waals surface area contributed by atoms with Crippen LogP contribution in [0.15, 0.2) is 0 Å². The first kappa shape index (κ1) is 13.5. The van der Waals surface area contributed by atoms with Crippen molar-refractivity contribution in [2.45, 2.75) is 27.7 Å². The smallest absolute Gasteiger partial charge is 0.143 e. The summed E-state index contributed by atoms with van der Waals surface area (Å²) in [7, 11) is 1.75. The third-order valence-corrected chi connectivity index (χ3v) is 2.09. The molecule has 0 amide bonds. The Morgan fingerprint density at radius 3 is 2.36 bits per heavy atom. The molecule has 0 aromatic carbocycles. The Labute approximate surface area is 86.4 Å². The molecule has 0 aromatic rings. The van der Waals surface area contributed by atoms with Crippen molar-refractivity contribution >= 4 is 5.78 Å². The van der Waals surface area contributed by atoms with Crippen molar-refractivity contribution in [3.05, 3.63) is 0 Å². The summed E-state index contributed by atoms with van der Waals surface area (Å²) in [6.45, 7) is 8.27. The highest BCUT2D eigenvalue weighted by molar-refractivity contribution is 5.85. The van der Waals surface area contributed by atoms with Crippen LogP contribution in [0.3, 0.4) is 0 Å². The molecule has 0 bridgehead atoms. The van der Waals surface area contributed by atoms with Crippen LogP contribution in [0, 0.1) is 11.3 Å². The average Bonchev–Trinajstić information content (AvgIpc) is 2.12. The quantitative estimate of drug-likeness (QED) is 0.516. The number of nitrogens with zero attached hydrogens (tertiary/aromatic N) is 1. The van der Waals surface area contributed by atoms with Gasteiger partial charge in [-0.2, -0.15) is 5.06 Å². The van der Waals surface area contributed by atoms with Gasteiger partial charge in [0.25, 0.3) is 0 Å². The molecular weight excluding hydrogens is 180 g/mol. The second kappa shape index (κ2) is 5.44. The van der Waals surface area contributed by atoms with Crippen molar-refractivity contribution in [3.8, 4) is 0 Å². The fourth-order valence-corrected chi connectivity index (χ4v) is 1.18. The van der Waals surface area contributed by atoms with Crippen LogP contribution in [-0.4, -0.2) is 31.2 Å². The van der Waals surface area contributed by atoms with Gasteiger partial charge in [-0.1, -0.05) is 27.7 Å². The lowest BCUT2D eigenvalue weighted by atomic mass is 9.83. The van der Waals surface area contributed by atoms with Gasteiger partial charge in [0, 0.05) is 18.4 Å². The lowest BCUT2D eigenvalue weighted by Crippen LogP contribution is -2.37. The van der Waals surface area contributed by atoms with Gasteiger partial charge in [0.1, 0.15) is 5.78 Å². The van der Waals surface area contributed by atoms with E-state index in [1.54, 1.807) is 7.05 Å². The summed E-state index contributed by atoms with van der Waals surface area (Å²) in [4.78, 5) is 17.1. The van der Waals surface area contributed by atoms with Crippen LogP contribution in [0.25, 0.3) is 0 Å². The van der Waals surface area contributed by atoms with Crippen LogP contribution in [-0.2, 0) is 9.63 Å². The number of hydrogen-bond donors (Lipinski definition) is 1. The first-order valence-electron chi connectivity index (χ1n) is 4.89. The molecule has 0 aliphatic rings. The van der Waals surface area contributed by atoms with E-state index in [1.807, 2.05) is 27.7 Å². The minimum atomic E-state index is -0.447. The summed E-state index contributed by atoms with van der Waals surface area (Å²) >= 11 is 0. The van der Waals surface area contributed by atoms with E-state index in [0.29, 0.717) is 13.3 Å². The molecule has 0 atom stereocenters. The zero-order valence-corrected chi connectivity index (χ0v) is 9.83. The lowest BCUT2D eigenvalue weighted by molar-refractivity contribution is -0.170. The highest BCUT2D eigenvalue weighted by atomic mass is 16.7. The lowest BCUT2D eigenvalue weighted by Gasteiger charge is -2.27. The number of carbonyl (C=O) groups excluding carboxylic acids is 1. The first-order chi connectivity index (χ1) is 6.31. The largest absolute Gasteiger partial charge is 0.316 e. The highest BCUT2D eigenvalue weighted by Gasteiger charge is 2.30. The number of hydroxylamine groups is 2. The molecule has 0 aromatic heterocycles. The van der Waals surface area contributed by atoms with E-state index < -0.39 is 5.41 Å². The zero-order chi connectivity index (χ0) is 11.4. The average molecular weight is 202 g/mol. The number of carbonyl (C=O) groups is 1. The SMILES string of the molecule is CC(C)C(=O)C(C)(C)CON(C)CN. The summed E-state index contributed by atoms with van der Waals surface area (Å²) in [6, 6.07) is 0. The van der Waals surface area contributed by atoms with Crippen LogP contribution >= 0.6 is 0 Å². The van der Waals surface area contributed by atoms with Gasteiger partial charge >= 0.3 is 0 Å². The molecule has 0 unspecified atom stereocenters. The molecule has 4 nitrogen and oxygen atoms in total. The third-order valence-electron chi connectivity index (χ3n) is 2.09. The van der Waals surface area contributed by atoms with E-state index in [0.717, 1.165) is 0 Å². The van der Waals surface area contributed by atoms with Gasteiger partial charge in [0.15, 0.2) is 0 Å². The van der Waals surface area contributed by atoms with Gasteiger partial charge in [-0.3, -0.25) is 9.63 Å². The number of nitrogens with two attached hydrogens (primary N) is 1. The van der Waals surface area contributed by atoms with Gasteiger partial charge < -0.3 is 5.73 Å². The van der Waals surface area contributed by atoms with Gasteiger partial charge in [0.2, 0.25) is 0 Å². The van der Waals surface area contributed by atoms with Crippen LogP contribution in [0.1, 0.15) is 27.7 Å². The Bertz CT molecular complexity index is 191. The second-order valence-electron chi connectivity index (χ2n) is 4.49. The fraction of sp³-hybridized carbons (Fsp3) is 0.900. The molecule has 0 heterocycles. The Morgan fingerprint density at radius 2 is 2.00 bits per heavy atom. The van der Waals surface area contributed by atoms with Crippen molar-refractivity contribution in [2.24, 2.45) is 17.1 Å². The number of Topliss-reactive ketones (excluding diaryl/α,β-unsaturated/α-hetero) is 1. The zero-order valence-electron chi connectivity index (χ0n) is 9.83. The van der Waals surface area contributed by atoms with E-state index in [4.69, 9.17) is 10.6 Å². The summed E-state index contributed by atoms with van der Waals surface area (Å²) in [5, 5.41) is 1.52. The van der Waals surface area contributed by atoms with Crippen molar-refractivity contribution < 1.29 is 9.63 Å². The standard InChI is InChI=1S/C10H22N2O2/c1-8(2)9(13)10(3,4)6-14-12(5)7-11/h8H,6-7,11H2,1-5H3. The molecule has 2 N–H and O–H groups in total. The van der Waals surface area contributed by atoms with Gasteiger partial charge in [-0.25, -0.2) is 0 Å². The number of ketones is 1. The molecule has 0 aliphatic heterocycles. The minimum Gasteiger partial charge on any atom is -0.316 e. The van der Waals surface area contributed by atoms with Gasteiger partial charge in [-0.15, -0.1) is 0 Å². The number of hydrogen-bond acceptors (Lipinski definition) is 4. The third kappa shape index (κ3) is 4.17. The Balaban J connectivity index is 4.13. The molecule has 0 spiro atoms. The maximum atomic E-state index is 11.7. The predicted molar refractivity (Wildman–Crippen MR) is 56.4 cm³/mol.